The first kappa shape index (κ1) is 14.7. The Morgan fingerprint density at radius 1 is 1.42 bits per heavy atom. The smallest absolute Gasteiger partial charge is 0.280 e. The Kier molecular flexibility index (Phi) is 3.12. The van der Waals surface area contributed by atoms with Gasteiger partial charge in [0.25, 0.3) is 0 Å². The summed E-state index contributed by atoms with van der Waals surface area (Å²) < 4.78 is 1.51. The fraction of sp³-hybridized carbons (Fsp3) is 0.467. The van der Waals surface area contributed by atoms with Crippen molar-refractivity contribution in [1.82, 2.24) is 19.7 Å². The lowest BCUT2D eigenvalue weighted by Crippen LogP contribution is -2.30. The predicted octanol–water partition coefficient (Wildman–Crippen LogP) is 1.48. The average molecular weight is 328 g/mol. The number of rotatable bonds is 4. The first-order chi connectivity index (χ1) is 11.5. The summed E-state index contributed by atoms with van der Waals surface area (Å²) in [4.78, 5) is 32.9. The van der Waals surface area contributed by atoms with Gasteiger partial charge in [0.1, 0.15) is 12.4 Å². The number of amides is 1. The lowest BCUT2D eigenvalue weighted by atomic mass is 10.1. The van der Waals surface area contributed by atoms with Gasteiger partial charge in [0, 0.05) is 29.9 Å². The molecule has 0 spiro atoms. The average Bonchev–Trinajstić information content (AvgIpc) is 3.01. The van der Waals surface area contributed by atoms with Crippen molar-refractivity contribution in [2.24, 2.45) is 11.8 Å². The van der Waals surface area contributed by atoms with E-state index in [9.17, 15) is 14.9 Å². The van der Waals surface area contributed by atoms with Gasteiger partial charge in [-0.3, -0.25) is 24.5 Å². The molecule has 0 bridgehead atoms. The van der Waals surface area contributed by atoms with Gasteiger partial charge in [0.05, 0.1) is 11.0 Å². The number of anilines is 1. The van der Waals surface area contributed by atoms with Gasteiger partial charge in [-0.1, -0.05) is 0 Å². The van der Waals surface area contributed by atoms with Crippen molar-refractivity contribution in [3.63, 3.8) is 0 Å². The second-order valence-electron chi connectivity index (χ2n) is 6.37. The Balaban J connectivity index is 1.59. The molecule has 124 valence electrons. The van der Waals surface area contributed by atoms with Gasteiger partial charge < -0.3 is 0 Å². The van der Waals surface area contributed by atoms with Crippen molar-refractivity contribution in [1.29, 1.82) is 0 Å². The minimum absolute atomic E-state index is 0.0565. The molecule has 4 rings (SSSR count). The Hall–Kier alpha value is -2.84. The minimum Gasteiger partial charge on any atom is -0.280 e. The summed E-state index contributed by atoms with van der Waals surface area (Å²) in [7, 11) is 0. The molecule has 1 aliphatic heterocycles. The van der Waals surface area contributed by atoms with E-state index in [1.807, 2.05) is 13.8 Å². The van der Waals surface area contributed by atoms with Crippen LogP contribution < -0.4 is 4.90 Å². The zero-order chi connectivity index (χ0) is 17.0. The van der Waals surface area contributed by atoms with E-state index >= 15 is 0 Å². The predicted molar refractivity (Wildman–Crippen MR) is 83.4 cm³/mol. The maximum atomic E-state index is 12.1. The monoisotopic (exact) mass is 328 g/mol. The molecular formula is C15H16N6O3. The first-order valence-electron chi connectivity index (χ1n) is 7.79. The molecule has 0 N–H and O–H groups in total. The number of aromatic nitrogens is 4. The topological polar surface area (TPSA) is 107 Å². The van der Waals surface area contributed by atoms with E-state index in [-0.39, 0.29) is 23.6 Å². The van der Waals surface area contributed by atoms with Crippen molar-refractivity contribution in [3.05, 3.63) is 40.0 Å². The van der Waals surface area contributed by atoms with Gasteiger partial charge in [-0.2, -0.15) is 5.10 Å². The van der Waals surface area contributed by atoms with Crippen molar-refractivity contribution in [2.75, 3.05) is 11.4 Å². The van der Waals surface area contributed by atoms with Crippen LogP contribution >= 0.6 is 0 Å². The molecule has 2 aromatic heterocycles. The Morgan fingerprint density at radius 2 is 2.21 bits per heavy atom. The molecule has 1 unspecified atom stereocenters. The highest BCUT2D eigenvalue weighted by Gasteiger charge is 2.53. The molecule has 3 atom stereocenters. The van der Waals surface area contributed by atoms with Gasteiger partial charge in [-0.25, -0.2) is 9.97 Å². The highest BCUT2D eigenvalue weighted by Crippen LogP contribution is 2.46. The van der Waals surface area contributed by atoms with Crippen LogP contribution in [0, 0.1) is 28.9 Å². The van der Waals surface area contributed by atoms with Crippen LogP contribution in [0.3, 0.4) is 0 Å². The summed E-state index contributed by atoms with van der Waals surface area (Å²) in [5, 5.41) is 14.8. The molecule has 1 saturated carbocycles. The van der Waals surface area contributed by atoms with Crippen LogP contribution in [0.4, 0.5) is 11.6 Å². The quantitative estimate of drug-likeness (QED) is 0.621. The van der Waals surface area contributed by atoms with Gasteiger partial charge in [-0.15, -0.1) is 0 Å². The van der Waals surface area contributed by atoms with Crippen molar-refractivity contribution in [2.45, 2.75) is 26.3 Å². The number of carbonyl (C=O) groups is 1. The molecule has 0 radical (unpaired) electrons. The maximum absolute atomic E-state index is 12.1. The van der Waals surface area contributed by atoms with Gasteiger partial charge in [0.15, 0.2) is 0 Å². The van der Waals surface area contributed by atoms with Crippen molar-refractivity contribution >= 4 is 17.5 Å². The van der Waals surface area contributed by atoms with Crippen LogP contribution in [0.15, 0.2) is 18.6 Å². The van der Waals surface area contributed by atoms with Crippen LogP contribution in [-0.4, -0.2) is 37.1 Å². The molecule has 9 heteroatoms. The van der Waals surface area contributed by atoms with E-state index in [0.717, 1.165) is 17.7 Å². The normalized spacial score (nSPS) is 23.2. The Labute approximate surface area is 137 Å². The Bertz CT molecular complexity index is 847. The highest BCUT2D eigenvalue weighted by molar-refractivity contribution is 5.98. The number of fused-ring (bicyclic) bond motifs is 1. The lowest BCUT2D eigenvalue weighted by Gasteiger charge is -2.19. The number of hydrogen-bond acceptors (Lipinski definition) is 6. The van der Waals surface area contributed by atoms with Crippen LogP contribution in [0.1, 0.15) is 30.6 Å². The molecule has 3 heterocycles. The fourth-order valence-electron chi connectivity index (χ4n) is 3.24. The van der Waals surface area contributed by atoms with E-state index in [2.05, 4.69) is 15.1 Å². The fourth-order valence-corrected chi connectivity index (χ4v) is 3.24. The Morgan fingerprint density at radius 3 is 2.79 bits per heavy atom. The summed E-state index contributed by atoms with van der Waals surface area (Å²) in [5.41, 5.74) is 1.49. The number of carbonyl (C=O) groups excluding carboxylic acids is 1. The zero-order valence-electron chi connectivity index (χ0n) is 13.3. The third-order valence-corrected chi connectivity index (χ3v) is 4.81. The third-order valence-electron chi connectivity index (χ3n) is 4.81. The summed E-state index contributed by atoms with van der Waals surface area (Å²) >= 11 is 0. The molecule has 0 aromatic carbocycles. The van der Waals surface area contributed by atoms with Crippen LogP contribution in [-0.2, 0) is 4.79 Å². The second kappa shape index (κ2) is 5.08. The summed E-state index contributed by atoms with van der Waals surface area (Å²) in [5.74, 6) is 1.18. The molecule has 1 saturated heterocycles. The molecule has 1 amide bonds. The number of aryl methyl sites for hydroxylation is 1. The molecule has 2 fully saturated rings. The lowest BCUT2D eigenvalue weighted by molar-refractivity contribution is -0.385. The van der Waals surface area contributed by atoms with E-state index in [1.54, 1.807) is 11.1 Å². The summed E-state index contributed by atoms with van der Waals surface area (Å²) in [6.07, 6.45) is 5.26. The van der Waals surface area contributed by atoms with Crippen LogP contribution in [0.5, 0.6) is 0 Å². The molecule has 2 aliphatic rings. The molecule has 9 nitrogen and oxygen atoms in total. The molecular weight excluding hydrogens is 312 g/mol. The van der Waals surface area contributed by atoms with E-state index in [1.165, 1.54) is 17.1 Å². The van der Waals surface area contributed by atoms with Gasteiger partial charge >= 0.3 is 5.69 Å². The standard InChI is InChI=1S/C15H16N6O3/c1-8-13(9(2)20-7-11(4-17-20)21(23)24)5-16-15(18-8)19-6-10-3-12(10)14(19)22/h4-5,7,9-10,12H,3,6H2,1-2H3/t9?,10-,12-/m1/s1. The summed E-state index contributed by atoms with van der Waals surface area (Å²) in [6.45, 7) is 4.41. The number of hydrogen-bond donors (Lipinski definition) is 0. The van der Waals surface area contributed by atoms with Crippen molar-refractivity contribution < 1.29 is 9.72 Å². The van der Waals surface area contributed by atoms with E-state index in [4.69, 9.17) is 0 Å². The summed E-state index contributed by atoms with van der Waals surface area (Å²) in [6, 6.07) is -0.240. The molecule has 2 aromatic rings. The second-order valence-corrected chi connectivity index (χ2v) is 6.37. The number of piperidine rings is 1. The molecule has 24 heavy (non-hydrogen) atoms. The number of nitro groups is 1. The number of nitrogens with zero attached hydrogens (tertiary/aromatic N) is 6. The first-order valence-corrected chi connectivity index (χ1v) is 7.79. The van der Waals surface area contributed by atoms with E-state index in [0.29, 0.717) is 18.4 Å². The maximum Gasteiger partial charge on any atom is 0.307 e. The third kappa shape index (κ3) is 2.24. The largest absolute Gasteiger partial charge is 0.307 e. The molecule has 1 aliphatic carbocycles. The van der Waals surface area contributed by atoms with E-state index < -0.39 is 4.92 Å². The zero-order valence-corrected chi connectivity index (χ0v) is 13.3. The SMILES string of the molecule is Cc1nc(N2C[C@H]3C[C@H]3C2=O)ncc1C(C)n1cc([N+](=O)[O-])cn1. The highest BCUT2D eigenvalue weighted by atomic mass is 16.6. The van der Waals surface area contributed by atoms with Gasteiger partial charge in [-0.05, 0) is 26.2 Å². The minimum atomic E-state index is -0.479. The van der Waals surface area contributed by atoms with Crippen LogP contribution in [0.25, 0.3) is 0 Å². The van der Waals surface area contributed by atoms with Gasteiger partial charge in [0.2, 0.25) is 11.9 Å². The van der Waals surface area contributed by atoms with Crippen molar-refractivity contribution in [3.8, 4) is 0 Å². The van der Waals surface area contributed by atoms with Crippen LogP contribution in [0.2, 0.25) is 0 Å².